The number of aliphatic carboxylic acids is 1. The maximum atomic E-state index is 12.7. The maximum absolute atomic E-state index is 12.7. The van der Waals surface area contributed by atoms with Gasteiger partial charge in [0.1, 0.15) is 0 Å². The third-order valence-electron chi connectivity index (χ3n) is 5.97. The number of rotatable bonds is 3. The zero-order valence-electron chi connectivity index (χ0n) is 17.8. The highest BCUT2D eigenvalue weighted by atomic mass is 32.1. The van der Waals surface area contributed by atoms with E-state index >= 15 is 0 Å². The van der Waals surface area contributed by atoms with E-state index in [-0.39, 0.29) is 5.91 Å². The number of carboxylic acids is 1. The first-order valence-electron chi connectivity index (χ1n) is 10.4. The van der Waals surface area contributed by atoms with Gasteiger partial charge in [-0.15, -0.1) is 11.3 Å². The zero-order valence-corrected chi connectivity index (χ0v) is 18.6. The summed E-state index contributed by atoms with van der Waals surface area (Å²) in [5.41, 5.74) is 1.05. The molecule has 1 amide bonds. The number of piperidine rings is 1. The van der Waals surface area contributed by atoms with Gasteiger partial charge in [0, 0.05) is 41.8 Å². The third kappa shape index (κ3) is 6.29. The quantitative estimate of drug-likeness (QED) is 0.729. The molecule has 0 radical (unpaired) electrons. The first-order chi connectivity index (χ1) is 15.1. The molecule has 0 unspecified atom stereocenters. The molecule has 6 nitrogen and oxygen atoms in total. The van der Waals surface area contributed by atoms with Crippen LogP contribution in [0.25, 0.3) is 0 Å². The van der Waals surface area contributed by atoms with E-state index in [1.165, 1.54) is 22.6 Å². The Morgan fingerprint density at radius 1 is 1.16 bits per heavy atom. The summed E-state index contributed by atoms with van der Waals surface area (Å²) in [6.45, 7) is 7.33. The molecular weight excluding hydrogens is 443 g/mol. The first-order valence-corrected chi connectivity index (χ1v) is 11.2. The fourth-order valence-electron chi connectivity index (χ4n) is 4.16. The Hall–Kier alpha value is -2.46. The lowest BCUT2D eigenvalue weighted by Crippen LogP contribution is -2.41. The Balaban J connectivity index is 0.000000360. The van der Waals surface area contributed by atoms with Crippen LogP contribution in [-0.4, -0.2) is 64.1 Å². The van der Waals surface area contributed by atoms with Gasteiger partial charge < -0.3 is 10.0 Å². The van der Waals surface area contributed by atoms with Gasteiger partial charge >= 0.3 is 12.1 Å². The van der Waals surface area contributed by atoms with Crippen LogP contribution in [0.1, 0.15) is 39.4 Å². The van der Waals surface area contributed by atoms with Crippen molar-refractivity contribution < 1.29 is 27.9 Å². The molecule has 2 aromatic rings. The summed E-state index contributed by atoms with van der Waals surface area (Å²) in [6, 6.07) is 8.17. The van der Waals surface area contributed by atoms with Gasteiger partial charge in [-0.25, -0.2) is 4.79 Å². The van der Waals surface area contributed by atoms with Crippen molar-refractivity contribution in [3.05, 3.63) is 52.0 Å². The lowest BCUT2D eigenvalue weighted by Gasteiger charge is -2.39. The van der Waals surface area contributed by atoms with E-state index in [0.29, 0.717) is 11.0 Å². The number of halogens is 3. The highest BCUT2D eigenvalue weighted by Gasteiger charge is 2.42. The molecule has 0 aliphatic carbocycles. The Bertz CT molecular complexity index is 925. The van der Waals surface area contributed by atoms with Crippen LogP contribution in [0.2, 0.25) is 0 Å². The lowest BCUT2D eigenvalue weighted by atomic mass is 9.78. The predicted molar refractivity (Wildman–Crippen MR) is 114 cm³/mol. The van der Waals surface area contributed by atoms with Crippen LogP contribution in [0.15, 0.2) is 36.7 Å². The normalized spacial score (nSPS) is 18.3. The molecule has 2 saturated heterocycles. The average molecular weight is 470 g/mol. The fourth-order valence-corrected chi connectivity index (χ4v) is 5.10. The van der Waals surface area contributed by atoms with Gasteiger partial charge in [0.05, 0.1) is 5.56 Å². The maximum Gasteiger partial charge on any atom is 0.490 e. The van der Waals surface area contributed by atoms with Crippen molar-refractivity contribution in [3.8, 4) is 0 Å². The van der Waals surface area contributed by atoms with E-state index < -0.39 is 12.1 Å². The molecule has 174 valence electrons. The van der Waals surface area contributed by atoms with Gasteiger partial charge in [-0.1, -0.05) is 0 Å². The minimum Gasteiger partial charge on any atom is -0.475 e. The number of carbonyl (C=O) groups is 2. The summed E-state index contributed by atoms with van der Waals surface area (Å²) in [7, 11) is 0. The summed E-state index contributed by atoms with van der Waals surface area (Å²) in [4.78, 5) is 33.1. The third-order valence-corrected chi connectivity index (χ3v) is 6.95. The van der Waals surface area contributed by atoms with Gasteiger partial charge in [0.15, 0.2) is 0 Å². The minimum atomic E-state index is -5.08. The molecule has 10 heteroatoms. The van der Waals surface area contributed by atoms with Crippen molar-refractivity contribution in [1.82, 2.24) is 14.8 Å². The van der Waals surface area contributed by atoms with Crippen molar-refractivity contribution in [3.63, 3.8) is 0 Å². The highest BCUT2D eigenvalue weighted by Crippen LogP contribution is 2.41. The fraction of sp³-hybridized carbons (Fsp3) is 0.500. The molecule has 2 fully saturated rings. The summed E-state index contributed by atoms with van der Waals surface area (Å²) in [5, 5.41) is 7.12. The average Bonchev–Trinajstić information content (AvgIpc) is 3.36. The van der Waals surface area contributed by atoms with E-state index in [4.69, 9.17) is 9.90 Å². The van der Waals surface area contributed by atoms with Crippen molar-refractivity contribution >= 4 is 23.2 Å². The number of aryl methyl sites for hydroxylation is 1. The molecule has 0 aromatic carbocycles. The summed E-state index contributed by atoms with van der Waals surface area (Å²) in [6.07, 6.45) is 1.86. The van der Waals surface area contributed by atoms with E-state index in [0.717, 1.165) is 39.1 Å². The number of carboxylic acid groups (broad SMARTS) is 1. The van der Waals surface area contributed by atoms with Gasteiger partial charge in [-0.3, -0.25) is 14.7 Å². The number of alkyl halides is 3. The number of hydrogen-bond donors (Lipinski definition) is 1. The second-order valence-electron chi connectivity index (χ2n) is 8.31. The van der Waals surface area contributed by atoms with Crippen molar-refractivity contribution in [2.75, 3.05) is 26.2 Å². The topological polar surface area (TPSA) is 73.7 Å². The number of thiophene rings is 1. The number of aromatic nitrogens is 1. The summed E-state index contributed by atoms with van der Waals surface area (Å²) < 4.78 is 31.7. The van der Waals surface area contributed by atoms with Crippen LogP contribution in [-0.2, 0) is 11.3 Å². The highest BCUT2D eigenvalue weighted by molar-refractivity contribution is 7.11. The number of hydrogen-bond acceptors (Lipinski definition) is 5. The molecule has 32 heavy (non-hydrogen) atoms. The van der Waals surface area contributed by atoms with Crippen LogP contribution in [0.4, 0.5) is 13.2 Å². The zero-order chi connectivity index (χ0) is 23.4. The van der Waals surface area contributed by atoms with Gasteiger partial charge in [-0.05, 0) is 69.0 Å². The van der Waals surface area contributed by atoms with Gasteiger partial charge in [-0.2, -0.15) is 13.2 Å². The van der Waals surface area contributed by atoms with Crippen LogP contribution in [0.3, 0.4) is 0 Å². The molecule has 4 heterocycles. The lowest BCUT2D eigenvalue weighted by molar-refractivity contribution is -0.192. The molecule has 2 aromatic heterocycles. The van der Waals surface area contributed by atoms with Crippen LogP contribution < -0.4 is 0 Å². The molecule has 4 rings (SSSR count). The summed E-state index contributed by atoms with van der Waals surface area (Å²) in [5.74, 6) is -2.62. The van der Waals surface area contributed by atoms with Gasteiger partial charge in [0.2, 0.25) is 0 Å². The van der Waals surface area contributed by atoms with E-state index in [2.05, 4.69) is 28.9 Å². The Labute approximate surface area is 188 Å². The van der Waals surface area contributed by atoms with Crippen LogP contribution in [0.5, 0.6) is 0 Å². The predicted octanol–water partition coefficient (Wildman–Crippen LogP) is 4.21. The van der Waals surface area contributed by atoms with E-state index in [1.54, 1.807) is 12.4 Å². The van der Waals surface area contributed by atoms with Crippen molar-refractivity contribution in [2.24, 2.45) is 5.41 Å². The summed E-state index contributed by atoms with van der Waals surface area (Å²) >= 11 is 1.91. The largest absolute Gasteiger partial charge is 0.490 e. The molecule has 1 spiro atoms. The Kier molecular flexibility index (Phi) is 7.55. The number of amides is 1. The molecule has 1 N–H and O–H groups in total. The standard InChI is InChI=1S/C20H25N3OS.C2HF3O2/c1-16-4-5-18(25-16)14-22-10-6-20(7-11-22)8-12-23(15-20)19(24)17-3-2-9-21-13-17;3-2(4,5)1(6)7/h2-5,9,13H,6-8,10-12,14-15H2,1H3;(H,6,7). The number of likely N-dealkylation sites (tertiary alicyclic amines) is 2. The van der Waals surface area contributed by atoms with Crippen LogP contribution in [0, 0.1) is 12.3 Å². The monoisotopic (exact) mass is 469 g/mol. The molecular formula is C22H26F3N3O3S. The van der Waals surface area contributed by atoms with Crippen molar-refractivity contribution in [1.29, 1.82) is 0 Å². The molecule has 0 saturated carbocycles. The van der Waals surface area contributed by atoms with Crippen molar-refractivity contribution in [2.45, 2.75) is 38.9 Å². The molecule has 0 bridgehead atoms. The molecule has 2 aliphatic rings. The minimum absolute atomic E-state index is 0.140. The molecule has 0 atom stereocenters. The SMILES string of the molecule is Cc1ccc(CN2CCC3(CC2)CCN(C(=O)c2cccnc2)C3)s1.O=C(O)C(F)(F)F. The smallest absolute Gasteiger partial charge is 0.475 e. The van der Waals surface area contributed by atoms with E-state index in [1.807, 2.05) is 28.4 Å². The van der Waals surface area contributed by atoms with Gasteiger partial charge in [0.25, 0.3) is 5.91 Å². The number of pyridine rings is 1. The Morgan fingerprint density at radius 2 is 1.81 bits per heavy atom. The first kappa shape index (κ1) is 24.2. The van der Waals surface area contributed by atoms with Crippen LogP contribution >= 0.6 is 11.3 Å². The second-order valence-corrected chi connectivity index (χ2v) is 9.68. The second kappa shape index (κ2) is 9.99. The Morgan fingerprint density at radius 3 is 2.34 bits per heavy atom. The number of nitrogens with zero attached hydrogens (tertiary/aromatic N) is 3. The molecule has 2 aliphatic heterocycles. The number of carbonyl (C=O) groups excluding carboxylic acids is 1. The van der Waals surface area contributed by atoms with E-state index in [9.17, 15) is 18.0 Å².